The van der Waals surface area contributed by atoms with Crippen molar-refractivity contribution in [2.75, 3.05) is 13.1 Å². The SMILES string of the molecule is CC(C)(C)OC(=O)N1CCCC(n2cc(Br)c3c(Cl)ncnc32)C1. The Balaban J connectivity index is 1.86. The number of amides is 1. The van der Waals surface area contributed by atoms with E-state index in [2.05, 4.69) is 30.5 Å². The molecule has 0 radical (unpaired) electrons. The minimum Gasteiger partial charge on any atom is -0.444 e. The van der Waals surface area contributed by atoms with Crippen LogP contribution in [0, 0.1) is 0 Å². The van der Waals surface area contributed by atoms with Gasteiger partial charge in [0.05, 0.1) is 11.4 Å². The molecule has 1 unspecified atom stereocenters. The van der Waals surface area contributed by atoms with E-state index < -0.39 is 5.60 Å². The molecule has 1 saturated heterocycles. The second-order valence-corrected chi connectivity index (χ2v) is 8.18. The predicted octanol–water partition coefficient (Wildman–Crippen LogP) is 4.42. The van der Waals surface area contributed by atoms with Crippen molar-refractivity contribution in [2.45, 2.75) is 45.3 Å². The van der Waals surface area contributed by atoms with Crippen LogP contribution >= 0.6 is 27.5 Å². The number of aromatic nitrogens is 3. The number of ether oxygens (including phenoxy) is 1. The van der Waals surface area contributed by atoms with Crippen LogP contribution in [0.3, 0.4) is 0 Å². The Labute approximate surface area is 154 Å². The Hall–Kier alpha value is -1.34. The maximum atomic E-state index is 12.4. The van der Waals surface area contributed by atoms with Crippen LogP contribution in [0.2, 0.25) is 5.15 Å². The first kappa shape index (κ1) is 17.5. The fraction of sp³-hybridized carbons (Fsp3) is 0.562. The lowest BCUT2D eigenvalue weighted by atomic mass is 10.1. The average Bonchev–Trinajstić information content (AvgIpc) is 2.84. The molecule has 0 bridgehead atoms. The van der Waals surface area contributed by atoms with Gasteiger partial charge in [-0.25, -0.2) is 14.8 Å². The minimum absolute atomic E-state index is 0.131. The highest BCUT2D eigenvalue weighted by atomic mass is 79.9. The molecule has 3 heterocycles. The van der Waals surface area contributed by atoms with Crippen LogP contribution in [-0.4, -0.2) is 44.2 Å². The minimum atomic E-state index is -0.492. The van der Waals surface area contributed by atoms with Gasteiger partial charge in [0, 0.05) is 23.8 Å². The summed E-state index contributed by atoms with van der Waals surface area (Å²) in [5.41, 5.74) is 0.284. The van der Waals surface area contributed by atoms with Crippen LogP contribution in [0.1, 0.15) is 39.7 Å². The number of carbonyl (C=O) groups excluding carboxylic acids is 1. The topological polar surface area (TPSA) is 60.2 Å². The summed E-state index contributed by atoms with van der Waals surface area (Å²) in [4.78, 5) is 22.5. The number of likely N-dealkylation sites (tertiary alicyclic amines) is 1. The van der Waals surface area contributed by atoms with E-state index in [4.69, 9.17) is 16.3 Å². The van der Waals surface area contributed by atoms with E-state index in [1.54, 1.807) is 4.90 Å². The molecule has 0 aromatic carbocycles. The molecule has 2 aromatic rings. The third-order valence-electron chi connectivity index (χ3n) is 3.96. The lowest BCUT2D eigenvalue weighted by molar-refractivity contribution is 0.0174. The molecule has 24 heavy (non-hydrogen) atoms. The summed E-state index contributed by atoms with van der Waals surface area (Å²) in [7, 11) is 0. The molecule has 0 aliphatic carbocycles. The van der Waals surface area contributed by atoms with Gasteiger partial charge in [0.15, 0.2) is 0 Å². The molecule has 130 valence electrons. The van der Waals surface area contributed by atoms with Gasteiger partial charge in [-0.05, 0) is 49.5 Å². The second kappa shape index (κ2) is 6.52. The molecule has 1 amide bonds. The van der Waals surface area contributed by atoms with Gasteiger partial charge in [-0.2, -0.15) is 0 Å². The molecule has 1 atom stereocenters. The number of halogens is 2. The highest BCUT2D eigenvalue weighted by molar-refractivity contribution is 9.10. The van der Waals surface area contributed by atoms with Crippen LogP contribution in [-0.2, 0) is 4.74 Å². The molecular weight excluding hydrogens is 396 g/mol. The van der Waals surface area contributed by atoms with E-state index in [0.717, 1.165) is 28.3 Å². The maximum Gasteiger partial charge on any atom is 0.410 e. The molecule has 6 nitrogen and oxygen atoms in total. The monoisotopic (exact) mass is 414 g/mol. The maximum absolute atomic E-state index is 12.4. The van der Waals surface area contributed by atoms with Gasteiger partial charge in [-0.3, -0.25) is 0 Å². The van der Waals surface area contributed by atoms with Gasteiger partial charge in [0.1, 0.15) is 22.7 Å². The summed E-state index contributed by atoms with van der Waals surface area (Å²) in [6.45, 7) is 6.93. The molecule has 0 N–H and O–H groups in total. The summed E-state index contributed by atoms with van der Waals surface area (Å²) in [5, 5.41) is 1.22. The summed E-state index contributed by atoms with van der Waals surface area (Å²) >= 11 is 9.72. The second-order valence-electron chi connectivity index (χ2n) is 6.97. The molecule has 2 aromatic heterocycles. The number of fused-ring (bicyclic) bond motifs is 1. The van der Waals surface area contributed by atoms with Crippen LogP contribution in [0.4, 0.5) is 4.79 Å². The Bertz CT molecular complexity index is 771. The molecule has 8 heteroatoms. The fourth-order valence-corrected chi connectivity index (χ4v) is 3.89. The zero-order valence-electron chi connectivity index (χ0n) is 13.9. The van der Waals surface area contributed by atoms with Gasteiger partial charge in [0.2, 0.25) is 0 Å². The van der Waals surface area contributed by atoms with Crippen LogP contribution in [0.15, 0.2) is 17.0 Å². The third kappa shape index (κ3) is 3.52. The first-order valence-electron chi connectivity index (χ1n) is 7.91. The third-order valence-corrected chi connectivity index (χ3v) is 4.85. The van der Waals surface area contributed by atoms with Gasteiger partial charge in [-0.15, -0.1) is 0 Å². The zero-order valence-corrected chi connectivity index (χ0v) is 16.3. The molecule has 0 saturated carbocycles. The Morgan fingerprint density at radius 2 is 2.17 bits per heavy atom. The van der Waals surface area contributed by atoms with E-state index in [1.807, 2.05) is 27.0 Å². The number of hydrogen-bond acceptors (Lipinski definition) is 4. The van der Waals surface area contributed by atoms with Crippen molar-refractivity contribution >= 4 is 44.7 Å². The quantitative estimate of drug-likeness (QED) is 0.647. The van der Waals surface area contributed by atoms with Gasteiger partial charge in [-0.1, -0.05) is 11.6 Å². The lowest BCUT2D eigenvalue weighted by Crippen LogP contribution is -2.43. The molecular formula is C16H20BrClN4O2. The fourth-order valence-electron chi connectivity index (χ4n) is 2.96. The van der Waals surface area contributed by atoms with E-state index in [0.29, 0.717) is 18.2 Å². The van der Waals surface area contributed by atoms with Crippen LogP contribution in [0.5, 0.6) is 0 Å². The molecule has 0 spiro atoms. The number of piperidine rings is 1. The Morgan fingerprint density at radius 3 is 2.88 bits per heavy atom. The number of nitrogens with zero attached hydrogens (tertiary/aromatic N) is 4. The van der Waals surface area contributed by atoms with E-state index in [1.165, 1.54) is 6.33 Å². The summed E-state index contributed by atoms with van der Waals surface area (Å²) < 4.78 is 8.43. The molecule has 1 aliphatic rings. The van der Waals surface area contributed by atoms with Crippen molar-refractivity contribution in [1.29, 1.82) is 0 Å². The Morgan fingerprint density at radius 1 is 1.42 bits per heavy atom. The first-order valence-corrected chi connectivity index (χ1v) is 9.08. The first-order chi connectivity index (χ1) is 11.3. The molecule has 1 fully saturated rings. The van der Waals surface area contributed by atoms with Crippen LogP contribution in [0.25, 0.3) is 11.0 Å². The van der Waals surface area contributed by atoms with Gasteiger partial charge >= 0.3 is 6.09 Å². The van der Waals surface area contributed by atoms with E-state index in [9.17, 15) is 4.79 Å². The predicted molar refractivity (Wildman–Crippen MR) is 96.3 cm³/mol. The largest absolute Gasteiger partial charge is 0.444 e. The molecule has 3 rings (SSSR count). The van der Waals surface area contributed by atoms with Crippen molar-refractivity contribution < 1.29 is 9.53 Å². The summed E-state index contributed by atoms with van der Waals surface area (Å²) in [5.74, 6) is 0. The van der Waals surface area contributed by atoms with Crippen molar-refractivity contribution in [2.24, 2.45) is 0 Å². The highest BCUT2D eigenvalue weighted by Gasteiger charge is 2.29. The van der Waals surface area contributed by atoms with Gasteiger partial charge in [0.25, 0.3) is 0 Å². The van der Waals surface area contributed by atoms with E-state index in [-0.39, 0.29) is 12.1 Å². The Kier molecular flexibility index (Phi) is 4.75. The van der Waals surface area contributed by atoms with Gasteiger partial charge < -0.3 is 14.2 Å². The smallest absolute Gasteiger partial charge is 0.410 e. The highest BCUT2D eigenvalue weighted by Crippen LogP contribution is 2.34. The van der Waals surface area contributed by atoms with Crippen molar-refractivity contribution in [1.82, 2.24) is 19.4 Å². The summed E-state index contributed by atoms with van der Waals surface area (Å²) in [6.07, 6.45) is 5.05. The lowest BCUT2D eigenvalue weighted by Gasteiger charge is -2.34. The van der Waals surface area contributed by atoms with Crippen LogP contribution < -0.4 is 0 Å². The zero-order chi connectivity index (χ0) is 17.5. The summed E-state index contributed by atoms with van der Waals surface area (Å²) in [6, 6.07) is 0.131. The number of carbonyl (C=O) groups is 1. The van der Waals surface area contributed by atoms with Crippen molar-refractivity contribution in [3.05, 3.63) is 22.1 Å². The van der Waals surface area contributed by atoms with Crippen molar-refractivity contribution in [3.63, 3.8) is 0 Å². The number of hydrogen-bond donors (Lipinski definition) is 0. The van der Waals surface area contributed by atoms with Crippen molar-refractivity contribution in [3.8, 4) is 0 Å². The number of rotatable bonds is 1. The normalized spacial score (nSPS) is 18.9. The average molecular weight is 416 g/mol. The standard InChI is InChI=1S/C16H20BrClN4O2/c1-16(2,3)24-15(23)21-6-4-5-10(7-21)22-8-11(17)12-13(18)19-9-20-14(12)22/h8-10H,4-7H2,1-3H3. The van der Waals surface area contributed by atoms with E-state index >= 15 is 0 Å². The molecule has 1 aliphatic heterocycles.